The average molecular weight is 545 g/mol. The third kappa shape index (κ3) is 4.36. The van der Waals surface area contributed by atoms with Gasteiger partial charge in [-0.3, -0.25) is 0 Å². The Labute approximate surface area is 233 Å². The van der Waals surface area contributed by atoms with Crippen LogP contribution in [0.1, 0.15) is 23.4 Å². The first-order chi connectivity index (χ1) is 19.8. The molecular formula is C31H24N6O2S. The summed E-state index contributed by atoms with van der Waals surface area (Å²) in [5, 5.41) is 11.9. The van der Waals surface area contributed by atoms with Crippen LogP contribution in [0.4, 0.5) is 0 Å². The molecule has 0 aliphatic heterocycles. The molecule has 7 aromatic rings. The molecule has 0 aliphatic rings. The number of furan rings is 1. The molecule has 8 nitrogen and oxygen atoms in total. The summed E-state index contributed by atoms with van der Waals surface area (Å²) in [6, 6.07) is 28.6. The minimum absolute atomic E-state index is 0.144. The van der Waals surface area contributed by atoms with Crippen LogP contribution in [0.25, 0.3) is 39.1 Å². The van der Waals surface area contributed by atoms with E-state index < -0.39 is 0 Å². The SMILES string of the molecule is CC(=NOCc1nc2c3c(-c4ccccc4)c(-c4ccccc4)n(Cc4ccco4)c3ncn2n1)c1cccs1. The lowest BCUT2D eigenvalue weighted by Gasteiger charge is -2.11. The Balaban J connectivity index is 1.42. The zero-order valence-corrected chi connectivity index (χ0v) is 22.5. The quantitative estimate of drug-likeness (QED) is 0.151. The van der Waals surface area contributed by atoms with Crippen LogP contribution in [-0.4, -0.2) is 29.9 Å². The molecule has 2 aromatic carbocycles. The third-order valence-corrected chi connectivity index (χ3v) is 7.68. The first kappa shape index (κ1) is 24.1. The molecule has 0 N–H and O–H groups in total. The van der Waals surface area contributed by atoms with Crippen molar-refractivity contribution in [1.29, 1.82) is 0 Å². The van der Waals surface area contributed by atoms with E-state index in [9.17, 15) is 0 Å². The van der Waals surface area contributed by atoms with Crippen LogP contribution in [0.2, 0.25) is 0 Å². The highest BCUT2D eigenvalue weighted by atomic mass is 32.1. The molecule has 40 heavy (non-hydrogen) atoms. The van der Waals surface area contributed by atoms with Crippen molar-refractivity contribution in [2.45, 2.75) is 20.1 Å². The number of benzene rings is 2. The van der Waals surface area contributed by atoms with Crippen LogP contribution in [0.15, 0.2) is 112 Å². The van der Waals surface area contributed by atoms with E-state index in [0.29, 0.717) is 18.0 Å². The van der Waals surface area contributed by atoms with Gasteiger partial charge in [0.25, 0.3) is 0 Å². The monoisotopic (exact) mass is 544 g/mol. The van der Waals surface area contributed by atoms with Gasteiger partial charge >= 0.3 is 0 Å². The van der Waals surface area contributed by atoms with Crippen LogP contribution in [-0.2, 0) is 18.0 Å². The Hall–Kier alpha value is -5.02. The van der Waals surface area contributed by atoms with Gasteiger partial charge in [-0.15, -0.1) is 16.4 Å². The third-order valence-electron chi connectivity index (χ3n) is 6.70. The molecule has 0 radical (unpaired) electrons. The summed E-state index contributed by atoms with van der Waals surface area (Å²) in [5.74, 6) is 1.36. The number of rotatable bonds is 8. The van der Waals surface area contributed by atoms with Crippen molar-refractivity contribution in [1.82, 2.24) is 24.1 Å². The molecule has 0 saturated carbocycles. The predicted molar refractivity (Wildman–Crippen MR) is 156 cm³/mol. The zero-order valence-electron chi connectivity index (χ0n) is 21.6. The van der Waals surface area contributed by atoms with Crippen LogP contribution in [0.5, 0.6) is 0 Å². The van der Waals surface area contributed by atoms with Crippen molar-refractivity contribution in [3.8, 4) is 22.4 Å². The van der Waals surface area contributed by atoms with Crippen molar-refractivity contribution < 1.29 is 9.25 Å². The Bertz CT molecular complexity index is 1920. The summed E-state index contributed by atoms with van der Waals surface area (Å²) in [5.41, 5.74) is 6.54. The normalized spacial score (nSPS) is 12.0. The van der Waals surface area contributed by atoms with Crippen LogP contribution < -0.4 is 0 Å². The standard InChI is InChI=1S/C31H24N6O2S/c1-21(25-15-9-17-40-25)35-39-19-26-33-31-28-27(22-10-4-2-5-11-22)29(23-12-6-3-7-13-23)36(18-24-14-8-16-38-24)30(28)32-20-37(31)34-26/h2-17,20H,18-19H2,1H3. The van der Waals surface area contributed by atoms with E-state index in [1.54, 1.807) is 28.4 Å². The molecule has 0 fully saturated rings. The molecule has 0 spiro atoms. The van der Waals surface area contributed by atoms with Crippen LogP contribution in [0, 0.1) is 0 Å². The average Bonchev–Trinajstić information content (AvgIpc) is 3.81. The van der Waals surface area contributed by atoms with Crippen LogP contribution >= 0.6 is 11.3 Å². The van der Waals surface area contributed by atoms with E-state index in [4.69, 9.17) is 19.2 Å². The maximum absolute atomic E-state index is 5.76. The molecular weight excluding hydrogens is 520 g/mol. The van der Waals surface area contributed by atoms with Crippen molar-refractivity contribution in [3.05, 3.63) is 119 Å². The number of hydrogen-bond acceptors (Lipinski definition) is 7. The Morgan fingerprint density at radius 2 is 1.73 bits per heavy atom. The van der Waals surface area contributed by atoms with Gasteiger partial charge in [0.15, 0.2) is 18.1 Å². The second kappa shape index (κ2) is 10.3. The highest BCUT2D eigenvalue weighted by Crippen LogP contribution is 2.42. The second-order valence-electron chi connectivity index (χ2n) is 9.29. The lowest BCUT2D eigenvalue weighted by molar-refractivity contribution is 0.125. The van der Waals surface area contributed by atoms with Gasteiger partial charge in [0.05, 0.1) is 34.5 Å². The predicted octanol–water partition coefficient (Wildman–Crippen LogP) is 7.06. The van der Waals surface area contributed by atoms with Crippen molar-refractivity contribution in [2.75, 3.05) is 0 Å². The van der Waals surface area contributed by atoms with Crippen LogP contribution in [0.3, 0.4) is 0 Å². The molecule has 0 saturated heterocycles. The lowest BCUT2D eigenvalue weighted by Crippen LogP contribution is -2.03. The van der Waals surface area contributed by atoms with Crippen molar-refractivity contribution in [3.63, 3.8) is 0 Å². The Kier molecular flexibility index (Phi) is 6.18. The Morgan fingerprint density at radius 1 is 0.925 bits per heavy atom. The molecule has 5 heterocycles. The minimum atomic E-state index is 0.144. The molecule has 196 valence electrons. The summed E-state index contributed by atoms with van der Waals surface area (Å²) in [4.78, 5) is 16.5. The Morgan fingerprint density at radius 3 is 2.45 bits per heavy atom. The fourth-order valence-corrected chi connectivity index (χ4v) is 5.62. The maximum atomic E-state index is 5.76. The largest absolute Gasteiger partial charge is 0.467 e. The number of oxime groups is 1. The number of thiophene rings is 1. The summed E-state index contributed by atoms with van der Waals surface area (Å²) < 4.78 is 9.68. The summed E-state index contributed by atoms with van der Waals surface area (Å²) in [6.45, 7) is 2.59. The summed E-state index contributed by atoms with van der Waals surface area (Å²) >= 11 is 1.62. The first-order valence-corrected chi connectivity index (χ1v) is 13.7. The molecule has 7 rings (SSSR count). The van der Waals surface area contributed by atoms with Gasteiger partial charge in [0, 0.05) is 5.56 Å². The highest BCUT2D eigenvalue weighted by Gasteiger charge is 2.25. The zero-order chi connectivity index (χ0) is 26.9. The van der Waals surface area contributed by atoms with Gasteiger partial charge in [-0.1, -0.05) is 71.9 Å². The molecule has 0 atom stereocenters. The summed E-state index contributed by atoms with van der Waals surface area (Å²) in [7, 11) is 0. The number of fused-ring (bicyclic) bond motifs is 3. The number of aromatic nitrogens is 5. The van der Waals surface area contributed by atoms with E-state index in [0.717, 1.165) is 49.8 Å². The summed E-state index contributed by atoms with van der Waals surface area (Å²) in [6.07, 6.45) is 3.40. The molecule has 0 aliphatic carbocycles. The van der Waals surface area contributed by atoms with Gasteiger partial charge in [0.2, 0.25) is 0 Å². The van der Waals surface area contributed by atoms with Gasteiger partial charge in [-0.25, -0.2) is 14.5 Å². The van der Waals surface area contributed by atoms with Gasteiger partial charge in [0.1, 0.15) is 17.7 Å². The van der Waals surface area contributed by atoms with Gasteiger partial charge < -0.3 is 13.8 Å². The number of hydrogen-bond donors (Lipinski definition) is 0. The molecule has 0 unspecified atom stereocenters. The van der Waals surface area contributed by atoms with E-state index >= 15 is 0 Å². The van der Waals surface area contributed by atoms with Gasteiger partial charge in [-0.2, -0.15) is 0 Å². The lowest BCUT2D eigenvalue weighted by atomic mass is 9.99. The van der Waals surface area contributed by atoms with Gasteiger partial charge in [-0.05, 0) is 41.6 Å². The van der Waals surface area contributed by atoms with Crippen molar-refractivity contribution in [2.24, 2.45) is 5.16 Å². The molecule has 9 heteroatoms. The van der Waals surface area contributed by atoms with E-state index in [2.05, 4.69) is 39.1 Å². The smallest absolute Gasteiger partial charge is 0.192 e. The van der Waals surface area contributed by atoms with E-state index in [1.165, 1.54) is 0 Å². The number of nitrogens with zero attached hydrogens (tertiary/aromatic N) is 6. The fraction of sp³-hybridized carbons (Fsp3) is 0.0968. The topological polar surface area (TPSA) is 82.7 Å². The van der Waals surface area contributed by atoms with Crippen molar-refractivity contribution >= 4 is 33.7 Å². The maximum Gasteiger partial charge on any atom is 0.192 e. The molecule has 0 bridgehead atoms. The van der Waals surface area contributed by atoms with E-state index in [-0.39, 0.29) is 6.61 Å². The molecule has 0 amide bonds. The minimum Gasteiger partial charge on any atom is -0.467 e. The fourth-order valence-electron chi connectivity index (χ4n) is 4.95. The highest BCUT2D eigenvalue weighted by molar-refractivity contribution is 7.12. The second-order valence-corrected chi connectivity index (χ2v) is 10.2. The first-order valence-electron chi connectivity index (χ1n) is 12.9. The molecule has 5 aromatic heterocycles. The van der Waals surface area contributed by atoms with E-state index in [1.807, 2.05) is 73.0 Å².